The van der Waals surface area contributed by atoms with E-state index in [0.717, 1.165) is 12.8 Å². The van der Waals surface area contributed by atoms with Crippen LogP contribution in [0.3, 0.4) is 0 Å². The molecule has 0 saturated heterocycles. The molecule has 0 rings (SSSR count). The van der Waals surface area contributed by atoms with Crippen LogP contribution in [0.1, 0.15) is 97.8 Å². The Kier molecular flexibility index (Phi) is 14.1. The topological polar surface area (TPSA) is 27.7 Å². The summed E-state index contributed by atoms with van der Waals surface area (Å²) in [7, 11) is 3.18. The molecule has 0 fully saturated rings. The minimum Gasteiger partial charge on any atom is -0.312 e. The van der Waals surface area contributed by atoms with Crippen LogP contribution in [-0.2, 0) is 25.4 Å². The van der Waals surface area contributed by atoms with Crippen molar-refractivity contribution in [2.24, 2.45) is 0 Å². The zero-order valence-corrected chi connectivity index (χ0v) is 17.8. The van der Waals surface area contributed by atoms with E-state index in [1.54, 1.807) is 14.2 Å². The van der Waals surface area contributed by atoms with Gasteiger partial charge in [-0.05, 0) is 31.6 Å². The van der Waals surface area contributed by atoms with E-state index in [2.05, 4.69) is 20.8 Å². The van der Waals surface area contributed by atoms with Gasteiger partial charge in [0.15, 0.2) is 0 Å². The number of unbranched alkanes of at least 4 members (excludes halogenated alkanes) is 8. The lowest BCUT2D eigenvalue weighted by molar-refractivity contribution is 0.0384. The van der Waals surface area contributed by atoms with Crippen LogP contribution in [0, 0.1) is 0 Å². The zero-order chi connectivity index (χ0) is 17.6. The largest absolute Gasteiger partial charge is 0.327 e. The molecule has 0 aromatic rings. The normalized spacial score (nSPS) is 12.7. The lowest BCUT2D eigenvalue weighted by Crippen LogP contribution is -2.28. The third-order valence-corrected chi connectivity index (χ3v) is 7.07. The van der Waals surface area contributed by atoms with Crippen molar-refractivity contribution < 1.29 is 13.6 Å². The summed E-state index contributed by atoms with van der Waals surface area (Å²) in [6.07, 6.45) is 14.8. The molecule has 0 aliphatic carbocycles. The van der Waals surface area contributed by atoms with Crippen LogP contribution < -0.4 is 0 Å². The van der Waals surface area contributed by atoms with Crippen LogP contribution in [-0.4, -0.2) is 19.8 Å². The number of hydrogen-bond donors (Lipinski definition) is 0. The van der Waals surface area contributed by atoms with Crippen LogP contribution in [0.25, 0.3) is 0 Å². The highest BCUT2D eigenvalue weighted by atomic mass is 32.5. The van der Waals surface area contributed by atoms with Gasteiger partial charge in [0.05, 0.1) is 5.60 Å². The molecule has 0 unspecified atom stereocenters. The molecule has 0 aromatic carbocycles. The van der Waals surface area contributed by atoms with Gasteiger partial charge < -0.3 is 13.6 Å². The standard InChI is InChI=1S/C18H39O3PS/c1-6-8-10-12-14-16-18(3,17-15-13-11-9-7-2)21-22(23,19-4)20-5/h6-17H2,1-5H3. The highest BCUT2D eigenvalue weighted by Gasteiger charge is 2.32. The van der Waals surface area contributed by atoms with E-state index in [9.17, 15) is 0 Å². The summed E-state index contributed by atoms with van der Waals surface area (Å²) in [4.78, 5) is 0. The van der Waals surface area contributed by atoms with Gasteiger partial charge in [-0.3, -0.25) is 0 Å². The van der Waals surface area contributed by atoms with Crippen LogP contribution in [0.5, 0.6) is 0 Å². The van der Waals surface area contributed by atoms with Gasteiger partial charge in [0.25, 0.3) is 0 Å². The molecule has 0 aliphatic heterocycles. The van der Waals surface area contributed by atoms with Gasteiger partial charge in [0.2, 0.25) is 0 Å². The third-order valence-electron chi connectivity index (χ3n) is 4.40. The molecule has 0 spiro atoms. The maximum Gasteiger partial charge on any atom is 0.327 e. The average Bonchev–Trinajstić information content (AvgIpc) is 2.54. The number of hydrogen-bond acceptors (Lipinski definition) is 4. The van der Waals surface area contributed by atoms with Gasteiger partial charge >= 0.3 is 6.72 Å². The van der Waals surface area contributed by atoms with Crippen molar-refractivity contribution in [1.29, 1.82) is 0 Å². The summed E-state index contributed by atoms with van der Waals surface area (Å²) in [5, 5.41) is 0. The smallest absolute Gasteiger partial charge is 0.312 e. The van der Waals surface area contributed by atoms with Crippen molar-refractivity contribution in [1.82, 2.24) is 0 Å². The van der Waals surface area contributed by atoms with Crippen LogP contribution in [0.4, 0.5) is 0 Å². The van der Waals surface area contributed by atoms with E-state index in [0.29, 0.717) is 0 Å². The van der Waals surface area contributed by atoms with Crippen LogP contribution >= 0.6 is 6.72 Å². The van der Waals surface area contributed by atoms with Gasteiger partial charge in [-0.2, -0.15) is 0 Å². The Morgan fingerprint density at radius 1 is 0.739 bits per heavy atom. The molecule has 0 saturated carbocycles. The Morgan fingerprint density at radius 2 is 1.13 bits per heavy atom. The lowest BCUT2D eigenvalue weighted by Gasteiger charge is -2.34. The molecule has 23 heavy (non-hydrogen) atoms. The van der Waals surface area contributed by atoms with E-state index in [4.69, 9.17) is 25.4 Å². The lowest BCUT2D eigenvalue weighted by atomic mass is 9.91. The highest BCUT2D eigenvalue weighted by molar-refractivity contribution is 8.07. The molecule has 0 aromatic heterocycles. The fourth-order valence-electron chi connectivity index (χ4n) is 2.84. The van der Waals surface area contributed by atoms with Crippen molar-refractivity contribution in [3.8, 4) is 0 Å². The zero-order valence-electron chi connectivity index (χ0n) is 16.1. The fraction of sp³-hybridized carbons (Fsp3) is 1.00. The molecule has 0 N–H and O–H groups in total. The third kappa shape index (κ3) is 11.7. The molecule has 0 aliphatic rings. The van der Waals surface area contributed by atoms with Crippen LogP contribution in [0.2, 0.25) is 0 Å². The Bertz CT molecular complexity index is 301. The maximum atomic E-state index is 6.22. The first kappa shape index (κ1) is 23.5. The van der Waals surface area contributed by atoms with E-state index in [1.807, 2.05) is 0 Å². The molecule has 0 bridgehead atoms. The van der Waals surface area contributed by atoms with Crippen molar-refractivity contribution >= 4 is 18.5 Å². The molecule has 5 heteroatoms. The summed E-state index contributed by atoms with van der Waals surface area (Å²) in [6.45, 7) is 4.09. The van der Waals surface area contributed by atoms with Crippen molar-refractivity contribution in [3.63, 3.8) is 0 Å². The summed E-state index contributed by atoms with van der Waals surface area (Å²) in [5.41, 5.74) is -0.222. The second-order valence-electron chi connectivity index (χ2n) is 6.68. The molecular formula is C18H39O3PS. The van der Waals surface area contributed by atoms with Gasteiger partial charge in [-0.1, -0.05) is 78.1 Å². The first-order chi connectivity index (χ1) is 10.9. The molecular weight excluding hydrogens is 327 g/mol. The Balaban J connectivity index is 4.47. The minimum absolute atomic E-state index is 0.222. The molecule has 140 valence electrons. The Labute approximate surface area is 150 Å². The quantitative estimate of drug-likeness (QED) is 0.217. The summed E-state index contributed by atoms with van der Waals surface area (Å²) >= 11 is 5.44. The van der Waals surface area contributed by atoms with Gasteiger partial charge in [0, 0.05) is 14.2 Å². The van der Waals surface area contributed by atoms with Crippen molar-refractivity contribution in [2.45, 2.75) is 103 Å². The predicted octanol–water partition coefficient (Wildman–Crippen LogP) is 7.00. The van der Waals surface area contributed by atoms with Crippen molar-refractivity contribution in [2.75, 3.05) is 14.2 Å². The average molecular weight is 367 g/mol. The summed E-state index contributed by atoms with van der Waals surface area (Å²) < 4.78 is 16.9. The van der Waals surface area contributed by atoms with E-state index in [1.165, 1.54) is 64.2 Å². The van der Waals surface area contributed by atoms with Gasteiger partial charge in [-0.15, -0.1) is 0 Å². The first-order valence-electron chi connectivity index (χ1n) is 9.37. The van der Waals surface area contributed by atoms with Crippen molar-refractivity contribution in [3.05, 3.63) is 0 Å². The summed E-state index contributed by atoms with van der Waals surface area (Å²) in [5.74, 6) is 0. The predicted molar refractivity (Wildman–Crippen MR) is 105 cm³/mol. The molecule has 0 amide bonds. The molecule has 3 nitrogen and oxygen atoms in total. The van der Waals surface area contributed by atoms with Crippen LogP contribution in [0.15, 0.2) is 0 Å². The summed E-state index contributed by atoms with van der Waals surface area (Å²) in [6, 6.07) is 0. The minimum atomic E-state index is -2.59. The van der Waals surface area contributed by atoms with E-state index < -0.39 is 6.72 Å². The Hall–Kier alpha value is 0.530. The van der Waals surface area contributed by atoms with E-state index in [-0.39, 0.29) is 5.60 Å². The highest BCUT2D eigenvalue weighted by Crippen LogP contribution is 2.53. The molecule has 0 radical (unpaired) electrons. The van der Waals surface area contributed by atoms with E-state index >= 15 is 0 Å². The second-order valence-corrected chi connectivity index (χ2v) is 9.83. The van der Waals surface area contributed by atoms with Gasteiger partial charge in [0.1, 0.15) is 0 Å². The SMILES string of the molecule is CCCCCCCC(C)(CCCCCCC)OP(=S)(OC)OC. The fourth-order valence-corrected chi connectivity index (χ4v) is 4.40. The monoisotopic (exact) mass is 366 g/mol. The Morgan fingerprint density at radius 3 is 1.48 bits per heavy atom. The van der Waals surface area contributed by atoms with Gasteiger partial charge in [-0.25, -0.2) is 0 Å². The molecule has 0 atom stereocenters. The first-order valence-corrected chi connectivity index (χ1v) is 11.9. The maximum absolute atomic E-state index is 6.22. The molecule has 0 heterocycles. The second kappa shape index (κ2) is 13.8. The number of rotatable bonds is 16.